The lowest BCUT2D eigenvalue weighted by Crippen LogP contribution is -2.38. The van der Waals surface area contributed by atoms with E-state index < -0.39 is 0 Å². The number of fused-ring (bicyclic) bond motifs is 1. The summed E-state index contributed by atoms with van der Waals surface area (Å²) in [7, 11) is 0. The minimum Gasteiger partial charge on any atom is -0.451 e. The summed E-state index contributed by atoms with van der Waals surface area (Å²) in [4.78, 5) is 14.0. The molecule has 0 fully saturated rings. The van der Waals surface area contributed by atoms with Crippen molar-refractivity contribution in [2.75, 3.05) is 12.4 Å². The molecule has 1 aromatic carbocycles. The maximum absolute atomic E-state index is 12.3. The van der Waals surface area contributed by atoms with Gasteiger partial charge in [0.15, 0.2) is 5.76 Å². The van der Waals surface area contributed by atoms with Gasteiger partial charge in [-0.1, -0.05) is 18.2 Å². The lowest BCUT2D eigenvalue weighted by atomic mass is 10.2. The van der Waals surface area contributed by atoms with Crippen LogP contribution in [0.4, 0.5) is 0 Å². The third kappa shape index (κ3) is 2.51. The van der Waals surface area contributed by atoms with Crippen molar-refractivity contribution in [3.63, 3.8) is 0 Å². The molecule has 0 atom stereocenters. The van der Waals surface area contributed by atoms with Crippen LogP contribution in [0.5, 0.6) is 0 Å². The first kappa shape index (κ1) is 13.0. The van der Waals surface area contributed by atoms with Crippen LogP contribution in [0.25, 0.3) is 11.0 Å². The SMILES string of the molecule is CC(C)N(CCCl)C(=O)c1cc2ccccc2o1. The lowest BCUT2D eigenvalue weighted by Gasteiger charge is -2.24. The number of furan rings is 1. The number of amides is 1. The summed E-state index contributed by atoms with van der Waals surface area (Å²) >= 11 is 5.73. The molecule has 2 rings (SSSR count). The molecule has 2 aromatic rings. The number of carbonyl (C=O) groups excluding carboxylic acids is 1. The van der Waals surface area contributed by atoms with E-state index in [2.05, 4.69) is 0 Å². The van der Waals surface area contributed by atoms with Crippen LogP contribution >= 0.6 is 11.6 Å². The molecule has 0 N–H and O–H groups in total. The van der Waals surface area contributed by atoms with Gasteiger partial charge in [-0.2, -0.15) is 0 Å². The Kier molecular flexibility index (Phi) is 3.92. The normalized spacial score (nSPS) is 11.1. The Morgan fingerprint density at radius 1 is 1.39 bits per heavy atom. The van der Waals surface area contributed by atoms with E-state index in [1.54, 1.807) is 11.0 Å². The van der Waals surface area contributed by atoms with Crippen molar-refractivity contribution in [3.05, 3.63) is 36.1 Å². The fourth-order valence-electron chi connectivity index (χ4n) is 1.91. The molecule has 0 aliphatic heterocycles. The first-order valence-electron chi connectivity index (χ1n) is 5.99. The van der Waals surface area contributed by atoms with E-state index >= 15 is 0 Å². The maximum Gasteiger partial charge on any atom is 0.289 e. The summed E-state index contributed by atoms with van der Waals surface area (Å²) in [5.41, 5.74) is 0.732. The van der Waals surface area contributed by atoms with Crippen molar-refractivity contribution in [1.29, 1.82) is 0 Å². The van der Waals surface area contributed by atoms with Gasteiger partial charge in [-0.3, -0.25) is 4.79 Å². The van der Waals surface area contributed by atoms with E-state index in [0.717, 1.165) is 11.0 Å². The third-order valence-corrected chi connectivity index (χ3v) is 3.01. The Balaban J connectivity index is 2.31. The highest BCUT2D eigenvalue weighted by atomic mass is 35.5. The van der Waals surface area contributed by atoms with Gasteiger partial charge in [-0.25, -0.2) is 0 Å². The molecule has 0 saturated carbocycles. The Morgan fingerprint density at radius 3 is 2.72 bits per heavy atom. The second-order valence-electron chi connectivity index (χ2n) is 4.43. The Morgan fingerprint density at radius 2 is 2.11 bits per heavy atom. The molecule has 1 heterocycles. The standard InChI is InChI=1S/C14H16ClNO2/c1-10(2)16(8-7-15)14(17)13-9-11-5-3-4-6-12(11)18-13/h3-6,9-10H,7-8H2,1-2H3. The van der Waals surface area contributed by atoms with Gasteiger partial charge in [0, 0.05) is 23.9 Å². The number of carbonyl (C=O) groups is 1. The third-order valence-electron chi connectivity index (χ3n) is 2.85. The van der Waals surface area contributed by atoms with Crippen molar-refractivity contribution >= 4 is 28.5 Å². The van der Waals surface area contributed by atoms with Crippen LogP contribution in [0.15, 0.2) is 34.7 Å². The highest BCUT2D eigenvalue weighted by molar-refractivity contribution is 6.18. The monoisotopic (exact) mass is 265 g/mol. The zero-order chi connectivity index (χ0) is 13.1. The molecule has 3 nitrogen and oxygen atoms in total. The number of benzene rings is 1. The van der Waals surface area contributed by atoms with Gasteiger partial charge in [0.05, 0.1) is 0 Å². The van der Waals surface area contributed by atoms with Gasteiger partial charge in [-0.15, -0.1) is 11.6 Å². The van der Waals surface area contributed by atoms with Crippen LogP contribution in [0.1, 0.15) is 24.4 Å². The average molecular weight is 266 g/mol. The van der Waals surface area contributed by atoms with Crippen molar-refractivity contribution in [2.24, 2.45) is 0 Å². The fraction of sp³-hybridized carbons (Fsp3) is 0.357. The van der Waals surface area contributed by atoms with Crippen molar-refractivity contribution in [1.82, 2.24) is 4.90 Å². The Hall–Kier alpha value is -1.48. The number of hydrogen-bond acceptors (Lipinski definition) is 2. The molecular weight excluding hydrogens is 250 g/mol. The second-order valence-corrected chi connectivity index (χ2v) is 4.81. The molecule has 1 aromatic heterocycles. The van der Waals surface area contributed by atoms with Crippen LogP contribution < -0.4 is 0 Å². The number of hydrogen-bond donors (Lipinski definition) is 0. The van der Waals surface area contributed by atoms with E-state index in [9.17, 15) is 4.79 Å². The lowest BCUT2D eigenvalue weighted by molar-refractivity contribution is 0.0688. The zero-order valence-corrected chi connectivity index (χ0v) is 11.3. The predicted octanol–water partition coefficient (Wildman–Crippen LogP) is 3.52. The topological polar surface area (TPSA) is 33.5 Å². The minimum absolute atomic E-state index is 0.101. The van der Waals surface area contributed by atoms with Crippen LogP contribution in [0.3, 0.4) is 0 Å². The molecule has 0 saturated heterocycles. The Labute approximate surface area is 111 Å². The smallest absolute Gasteiger partial charge is 0.289 e. The van der Waals surface area contributed by atoms with E-state index in [-0.39, 0.29) is 11.9 Å². The van der Waals surface area contributed by atoms with Gasteiger partial charge >= 0.3 is 0 Å². The number of alkyl halides is 1. The van der Waals surface area contributed by atoms with E-state index in [1.165, 1.54) is 0 Å². The molecule has 18 heavy (non-hydrogen) atoms. The highest BCUT2D eigenvalue weighted by Crippen LogP contribution is 2.20. The molecular formula is C14H16ClNO2. The van der Waals surface area contributed by atoms with Gasteiger partial charge in [0.2, 0.25) is 0 Å². The summed E-state index contributed by atoms with van der Waals surface area (Å²) in [5, 5.41) is 0.940. The predicted molar refractivity (Wildman–Crippen MR) is 73.1 cm³/mol. The van der Waals surface area contributed by atoms with Gasteiger partial charge in [0.25, 0.3) is 5.91 Å². The largest absolute Gasteiger partial charge is 0.451 e. The van der Waals surface area contributed by atoms with Gasteiger partial charge in [-0.05, 0) is 26.0 Å². The van der Waals surface area contributed by atoms with E-state index in [1.807, 2.05) is 38.1 Å². The summed E-state index contributed by atoms with van der Waals surface area (Å²) in [6.07, 6.45) is 0. The summed E-state index contributed by atoms with van der Waals surface area (Å²) < 4.78 is 5.57. The number of rotatable bonds is 4. The van der Waals surface area contributed by atoms with E-state index in [4.69, 9.17) is 16.0 Å². The molecule has 1 amide bonds. The molecule has 0 bridgehead atoms. The zero-order valence-electron chi connectivity index (χ0n) is 10.5. The van der Waals surface area contributed by atoms with Crippen LogP contribution in [0, 0.1) is 0 Å². The maximum atomic E-state index is 12.3. The van der Waals surface area contributed by atoms with Crippen LogP contribution in [-0.4, -0.2) is 29.3 Å². The first-order valence-corrected chi connectivity index (χ1v) is 6.52. The molecule has 4 heteroatoms. The van der Waals surface area contributed by atoms with Crippen molar-refractivity contribution in [3.8, 4) is 0 Å². The van der Waals surface area contributed by atoms with Crippen LogP contribution in [-0.2, 0) is 0 Å². The van der Waals surface area contributed by atoms with Crippen molar-refractivity contribution < 1.29 is 9.21 Å². The highest BCUT2D eigenvalue weighted by Gasteiger charge is 2.21. The van der Waals surface area contributed by atoms with E-state index in [0.29, 0.717) is 18.2 Å². The summed E-state index contributed by atoms with van der Waals surface area (Å²) in [6, 6.07) is 9.47. The molecule has 0 aliphatic rings. The number of halogens is 1. The summed E-state index contributed by atoms with van der Waals surface area (Å²) in [5.74, 6) is 0.682. The molecule has 96 valence electrons. The first-order chi connectivity index (χ1) is 8.63. The Bertz CT molecular complexity index is 514. The quantitative estimate of drug-likeness (QED) is 0.793. The van der Waals surface area contributed by atoms with Gasteiger partial charge in [0.1, 0.15) is 5.58 Å². The molecule has 0 aliphatic carbocycles. The fourth-order valence-corrected chi connectivity index (χ4v) is 2.10. The van der Waals surface area contributed by atoms with Gasteiger partial charge < -0.3 is 9.32 Å². The molecule has 0 radical (unpaired) electrons. The summed E-state index contributed by atoms with van der Waals surface area (Å²) in [6.45, 7) is 4.45. The van der Waals surface area contributed by atoms with Crippen LogP contribution in [0.2, 0.25) is 0 Å². The number of nitrogens with zero attached hydrogens (tertiary/aromatic N) is 1. The number of para-hydroxylation sites is 1. The average Bonchev–Trinajstić information content (AvgIpc) is 2.78. The molecule has 0 spiro atoms. The molecule has 0 unspecified atom stereocenters. The second kappa shape index (κ2) is 5.44. The minimum atomic E-state index is -0.109. The van der Waals surface area contributed by atoms with Crippen molar-refractivity contribution in [2.45, 2.75) is 19.9 Å².